The van der Waals surface area contributed by atoms with Gasteiger partial charge in [-0.15, -0.1) is 0 Å². The van der Waals surface area contributed by atoms with Crippen LogP contribution >= 0.6 is 27.5 Å². The van der Waals surface area contributed by atoms with Crippen molar-refractivity contribution >= 4 is 33.3 Å². The molecule has 0 aliphatic rings. The predicted octanol–water partition coefficient (Wildman–Crippen LogP) is 5.14. The van der Waals surface area contributed by atoms with Crippen LogP contribution in [0.15, 0.2) is 40.9 Å². The molecule has 0 N–H and O–H groups in total. The van der Waals surface area contributed by atoms with Crippen molar-refractivity contribution in [2.24, 2.45) is 0 Å². The Bertz CT molecular complexity index is 614. The molecule has 0 saturated carbocycles. The average molecular weight is 338 g/mol. The Morgan fingerprint density at radius 1 is 1.16 bits per heavy atom. The maximum absolute atomic E-state index is 12.3. The number of rotatable bonds is 3. The number of Topliss-reactive ketones (excluding diaryl/α,β-unsaturated/α-hetero) is 1. The van der Waals surface area contributed by atoms with Gasteiger partial charge in [0.05, 0.1) is 5.02 Å². The molecular formula is C16H14BrClO. The van der Waals surface area contributed by atoms with Crippen molar-refractivity contribution in [3.63, 3.8) is 0 Å². The van der Waals surface area contributed by atoms with Gasteiger partial charge in [0.2, 0.25) is 0 Å². The van der Waals surface area contributed by atoms with Crippen LogP contribution in [0, 0.1) is 13.8 Å². The topological polar surface area (TPSA) is 17.1 Å². The normalized spacial score (nSPS) is 10.5. The highest BCUT2D eigenvalue weighted by Crippen LogP contribution is 2.24. The Labute approximate surface area is 126 Å². The molecular weight excluding hydrogens is 324 g/mol. The number of carbonyl (C=O) groups excluding carboxylic acids is 1. The minimum Gasteiger partial charge on any atom is -0.294 e. The van der Waals surface area contributed by atoms with E-state index in [1.807, 2.05) is 32.0 Å². The average Bonchev–Trinajstić information content (AvgIpc) is 2.37. The number of hydrogen-bond acceptors (Lipinski definition) is 1. The Morgan fingerprint density at radius 3 is 2.37 bits per heavy atom. The molecule has 98 valence electrons. The Balaban J connectivity index is 2.28. The molecule has 0 aliphatic carbocycles. The van der Waals surface area contributed by atoms with Crippen molar-refractivity contribution in [1.82, 2.24) is 0 Å². The third-order valence-electron chi connectivity index (χ3n) is 3.22. The van der Waals surface area contributed by atoms with E-state index in [1.165, 1.54) is 0 Å². The van der Waals surface area contributed by atoms with Gasteiger partial charge in [0, 0.05) is 16.5 Å². The fraction of sp³-hybridized carbons (Fsp3) is 0.188. The summed E-state index contributed by atoms with van der Waals surface area (Å²) in [7, 11) is 0. The molecule has 0 unspecified atom stereocenters. The Hall–Kier alpha value is -1.12. The van der Waals surface area contributed by atoms with Crippen LogP contribution in [0.3, 0.4) is 0 Å². The summed E-state index contributed by atoms with van der Waals surface area (Å²) in [4.78, 5) is 12.3. The van der Waals surface area contributed by atoms with E-state index in [9.17, 15) is 4.79 Å². The zero-order valence-electron chi connectivity index (χ0n) is 10.8. The summed E-state index contributed by atoms with van der Waals surface area (Å²) >= 11 is 9.35. The van der Waals surface area contributed by atoms with Gasteiger partial charge < -0.3 is 0 Å². The van der Waals surface area contributed by atoms with Gasteiger partial charge in [-0.3, -0.25) is 4.79 Å². The highest BCUT2D eigenvalue weighted by Gasteiger charge is 2.12. The van der Waals surface area contributed by atoms with E-state index in [-0.39, 0.29) is 5.78 Å². The Kier molecular flexibility index (Phi) is 4.43. The predicted molar refractivity (Wildman–Crippen MR) is 83.1 cm³/mol. The van der Waals surface area contributed by atoms with Crippen LogP contribution in [-0.4, -0.2) is 5.78 Å². The lowest BCUT2D eigenvalue weighted by Crippen LogP contribution is -2.06. The SMILES string of the molecule is Cc1cccc(C)c1CC(=O)c1ccc(Br)c(Cl)c1. The second-order valence-corrected chi connectivity index (χ2v) is 5.86. The molecule has 0 radical (unpaired) electrons. The van der Waals surface area contributed by atoms with E-state index >= 15 is 0 Å². The molecule has 2 rings (SSSR count). The van der Waals surface area contributed by atoms with Crippen molar-refractivity contribution in [3.05, 3.63) is 68.1 Å². The molecule has 0 heterocycles. The maximum atomic E-state index is 12.3. The standard InChI is InChI=1S/C16H14BrClO/c1-10-4-3-5-11(2)13(10)9-16(19)12-6-7-14(17)15(18)8-12/h3-8H,9H2,1-2H3. The van der Waals surface area contributed by atoms with Gasteiger partial charge in [-0.05, 0) is 58.6 Å². The summed E-state index contributed by atoms with van der Waals surface area (Å²) in [5, 5.41) is 0.562. The minimum absolute atomic E-state index is 0.0896. The van der Waals surface area contributed by atoms with Crippen LogP contribution < -0.4 is 0 Å². The summed E-state index contributed by atoms with van der Waals surface area (Å²) in [6.07, 6.45) is 0.413. The third-order valence-corrected chi connectivity index (χ3v) is 4.46. The van der Waals surface area contributed by atoms with Gasteiger partial charge in [-0.25, -0.2) is 0 Å². The zero-order chi connectivity index (χ0) is 14.0. The van der Waals surface area contributed by atoms with Crippen LogP contribution in [0.2, 0.25) is 5.02 Å². The van der Waals surface area contributed by atoms with Gasteiger partial charge in [0.15, 0.2) is 5.78 Å². The van der Waals surface area contributed by atoms with Crippen molar-refractivity contribution in [2.75, 3.05) is 0 Å². The number of hydrogen-bond donors (Lipinski definition) is 0. The van der Waals surface area contributed by atoms with Gasteiger partial charge in [-0.1, -0.05) is 35.9 Å². The van der Waals surface area contributed by atoms with Crippen molar-refractivity contribution < 1.29 is 4.79 Å². The molecule has 3 heteroatoms. The molecule has 0 spiro atoms. The van der Waals surface area contributed by atoms with Gasteiger partial charge in [0.25, 0.3) is 0 Å². The molecule has 1 nitrogen and oxygen atoms in total. The lowest BCUT2D eigenvalue weighted by atomic mass is 9.96. The van der Waals surface area contributed by atoms with E-state index in [4.69, 9.17) is 11.6 Å². The summed E-state index contributed by atoms with van der Waals surface area (Å²) in [6, 6.07) is 11.4. The molecule has 0 amide bonds. The van der Waals surface area contributed by atoms with Crippen LogP contribution in [0.4, 0.5) is 0 Å². The first-order valence-electron chi connectivity index (χ1n) is 6.02. The molecule has 0 fully saturated rings. The fourth-order valence-electron chi connectivity index (χ4n) is 2.06. The number of carbonyl (C=O) groups is 1. The van der Waals surface area contributed by atoms with E-state index in [2.05, 4.69) is 15.9 Å². The highest BCUT2D eigenvalue weighted by atomic mass is 79.9. The van der Waals surface area contributed by atoms with E-state index in [0.29, 0.717) is 17.0 Å². The molecule has 0 bridgehead atoms. The summed E-state index contributed by atoms with van der Waals surface area (Å²) in [5.41, 5.74) is 4.05. The number of benzene rings is 2. The van der Waals surface area contributed by atoms with Crippen LogP contribution in [0.25, 0.3) is 0 Å². The largest absolute Gasteiger partial charge is 0.294 e. The Morgan fingerprint density at radius 2 is 1.79 bits per heavy atom. The lowest BCUT2D eigenvalue weighted by molar-refractivity contribution is 0.0992. The molecule has 2 aromatic carbocycles. The quantitative estimate of drug-likeness (QED) is 0.708. The van der Waals surface area contributed by atoms with E-state index < -0.39 is 0 Å². The van der Waals surface area contributed by atoms with E-state index in [0.717, 1.165) is 21.2 Å². The van der Waals surface area contributed by atoms with E-state index in [1.54, 1.807) is 18.2 Å². The zero-order valence-corrected chi connectivity index (χ0v) is 13.2. The van der Waals surface area contributed by atoms with Crippen molar-refractivity contribution in [2.45, 2.75) is 20.3 Å². The number of ketones is 1. The second kappa shape index (κ2) is 5.89. The van der Waals surface area contributed by atoms with Gasteiger partial charge in [0.1, 0.15) is 0 Å². The van der Waals surface area contributed by atoms with Crippen molar-refractivity contribution in [1.29, 1.82) is 0 Å². The van der Waals surface area contributed by atoms with Crippen molar-refractivity contribution in [3.8, 4) is 0 Å². The smallest absolute Gasteiger partial charge is 0.167 e. The first kappa shape index (κ1) is 14.3. The lowest BCUT2D eigenvalue weighted by Gasteiger charge is -2.09. The van der Waals surface area contributed by atoms with Gasteiger partial charge >= 0.3 is 0 Å². The first-order valence-corrected chi connectivity index (χ1v) is 7.19. The maximum Gasteiger partial charge on any atom is 0.167 e. The fourth-order valence-corrected chi connectivity index (χ4v) is 2.49. The highest BCUT2D eigenvalue weighted by molar-refractivity contribution is 9.10. The van der Waals surface area contributed by atoms with Crippen LogP contribution in [-0.2, 0) is 6.42 Å². The summed E-state index contributed by atoms with van der Waals surface area (Å²) in [6.45, 7) is 4.06. The molecule has 0 aromatic heterocycles. The number of halogens is 2. The minimum atomic E-state index is 0.0896. The molecule has 0 aliphatic heterocycles. The molecule has 2 aromatic rings. The second-order valence-electron chi connectivity index (χ2n) is 4.60. The number of aryl methyl sites for hydroxylation is 2. The van der Waals surface area contributed by atoms with Crippen LogP contribution in [0.1, 0.15) is 27.0 Å². The van der Waals surface area contributed by atoms with Gasteiger partial charge in [-0.2, -0.15) is 0 Å². The molecule has 19 heavy (non-hydrogen) atoms. The summed E-state index contributed by atoms with van der Waals surface area (Å²) in [5.74, 6) is 0.0896. The molecule has 0 atom stereocenters. The monoisotopic (exact) mass is 336 g/mol. The summed E-state index contributed by atoms with van der Waals surface area (Å²) < 4.78 is 0.804. The first-order chi connectivity index (χ1) is 8.99. The van der Waals surface area contributed by atoms with Crippen LogP contribution in [0.5, 0.6) is 0 Å². The third kappa shape index (κ3) is 3.26. The molecule has 0 saturated heterocycles.